The maximum absolute atomic E-state index is 13.1. The molecule has 0 aromatic heterocycles. The maximum Gasteiger partial charge on any atom is 0.126 e. The summed E-state index contributed by atoms with van der Waals surface area (Å²) in [5.74, 6) is -0.974. The van der Waals surface area contributed by atoms with Crippen LogP contribution in [-0.2, 0) is 0 Å². The molecule has 2 aromatic rings. The number of hydrogen-bond acceptors (Lipinski definition) is 1. The number of aliphatic hydroxyl groups is 1. The molecule has 0 fully saturated rings. The molecular weight excluding hydrogens is 246 g/mol. The van der Waals surface area contributed by atoms with Crippen LogP contribution in [0.1, 0.15) is 42.6 Å². The molecule has 0 radical (unpaired) electrons. The van der Waals surface area contributed by atoms with E-state index in [2.05, 4.69) is 13.8 Å². The molecule has 0 bridgehead atoms. The van der Waals surface area contributed by atoms with Gasteiger partial charge in [-0.2, -0.15) is 0 Å². The average molecular weight is 262 g/mol. The van der Waals surface area contributed by atoms with E-state index >= 15 is 0 Å². The summed E-state index contributed by atoms with van der Waals surface area (Å²) in [7, 11) is 0. The van der Waals surface area contributed by atoms with E-state index in [1.165, 1.54) is 0 Å². The van der Waals surface area contributed by atoms with Crippen LogP contribution >= 0.6 is 0 Å². The molecule has 0 aliphatic carbocycles. The zero-order valence-corrected chi connectivity index (χ0v) is 10.9. The lowest BCUT2D eigenvalue weighted by Crippen LogP contribution is -2.01. The third-order valence-corrected chi connectivity index (χ3v) is 3.12. The SMILES string of the molecule is CC(C)c1ccc(C(O)c2cc(F)cc(F)c2)cc1. The largest absolute Gasteiger partial charge is 0.384 e. The Bertz CT molecular complexity index is 541. The molecule has 2 aromatic carbocycles. The summed E-state index contributed by atoms with van der Waals surface area (Å²) in [5.41, 5.74) is 1.99. The molecule has 2 rings (SSSR count). The van der Waals surface area contributed by atoms with Gasteiger partial charge >= 0.3 is 0 Å². The molecule has 0 amide bonds. The summed E-state index contributed by atoms with van der Waals surface area (Å²) in [6, 6.07) is 10.5. The zero-order valence-electron chi connectivity index (χ0n) is 10.9. The molecule has 0 spiro atoms. The van der Waals surface area contributed by atoms with E-state index in [4.69, 9.17) is 0 Å². The van der Waals surface area contributed by atoms with Crippen molar-refractivity contribution in [2.75, 3.05) is 0 Å². The Morgan fingerprint density at radius 1 is 0.789 bits per heavy atom. The summed E-state index contributed by atoms with van der Waals surface area (Å²) < 4.78 is 26.2. The third-order valence-electron chi connectivity index (χ3n) is 3.12. The minimum atomic E-state index is -1.02. The number of benzene rings is 2. The highest BCUT2D eigenvalue weighted by Gasteiger charge is 2.13. The Labute approximate surface area is 111 Å². The quantitative estimate of drug-likeness (QED) is 0.880. The second-order valence-electron chi connectivity index (χ2n) is 4.93. The van der Waals surface area contributed by atoms with Crippen molar-refractivity contribution in [1.82, 2.24) is 0 Å². The average Bonchev–Trinajstić information content (AvgIpc) is 2.37. The van der Waals surface area contributed by atoms with E-state index in [9.17, 15) is 13.9 Å². The highest BCUT2D eigenvalue weighted by molar-refractivity contribution is 5.33. The number of rotatable bonds is 3. The fourth-order valence-corrected chi connectivity index (χ4v) is 1.99. The minimum Gasteiger partial charge on any atom is -0.384 e. The van der Waals surface area contributed by atoms with E-state index in [0.29, 0.717) is 11.5 Å². The van der Waals surface area contributed by atoms with Gasteiger partial charge in [-0.15, -0.1) is 0 Å². The van der Waals surface area contributed by atoms with Crippen molar-refractivity contribution in [3.8, 4) is 0 Å². The Hall–Kier alpha value is -1.74. The van der Waals surface area contributed by atoms with Crippen LogP contribution in [0.3, 0.4) is 0 Å². The molecule has 1 N–H and O–H groups in total. The Morgan fingerprint density at radius 3 is 1.74 bits per heavy atom. The molecule has 0 heterocycles. The van der Waals surface area contributed by atoms with Gasteiger partial charge in [0.2, 0.25) is 0 Å². The van der Waals surface area contributed by atoms with Crippen LogP contribution in [0.2, 0.25) is 0 Å². The van der Waals surface area contributed by atoms with E-state index < -0.39 is 17.7 Å². The summed E-state index contributed by atoms with van der Waals surface area (Å²) >= 11 is 0. The van der Waals surface area contributed by atoms with Gasteiger partial charge in [-0.25, -0.2) is 8.78 Å². The molecule has 19 heavy (non-hydrogen) atoms. The lowest BCUT2D eigenvalue weighted by molar-refractivity contribution is 0.219. The summed E-state index contributed by atoms with van der Waals surface area (Å²) in [6.07, 6.45) is -1.02. The van der Waals surface area contributed by atoms with Gasteiger partial charge in [0.15, 0.2) is 0 Å². The van der Waals surface area contributed by atoms with Crippen LogP contribution in [0.15, 0.2) is 42.5 Å². The van der Waals surface area contributed by atoms with Crippen molar-refractivity contribution in [3.63, 3.8) is 0 Å². The fraction of sp³-hybridized carbons (Fsp3) is 0.250. The van der Waals surface area contributed by atoms with Gasteiger partial charge in [0, 0.05) is 6.07 Å². The molecule has 1 nitrogen and oxygen atoms in total. The zero-order chi connectivity index (χ0) is 14.0. The molecule has 0 aliphatic rings. The van der Waals surface area contributed by atoms with Crippen molar-refractivity contribution < 1.29 is 13.9 Å². The van der Waals surface area contributed by atoms with Gasteiger partial charge in [-0.05, 0) is 34.7 Å². The van der Waals surface area contributed by atoms with E-state index in [-0.39, 0.29) is 5.56 Å². The lowest BCUT2D eigenvalue weighted by atomic mass is 9.97. The maximum atomic E-state index is 13.1. The van der Waals surface area contributed by atoms with Crippen molar-refractivity contribution in [3.05, 3.63) is 70.8 Å². The topological polar surface area (TPSA) is 20.2 Å². The summed E-state index contributed by atoms with van der Waals surface area (Å²) in [5, 5.41) is 10.1. The molecule has 0 saturated carbocycles. The molecule has 1 unspecified atom stereocenters. The van der Waals surface area contributed by atoms with E-state index in [0.717, 1.165) is 23.8 Å². The molecule has 100 valence electrons. The van der Waals surface area contributed by atoms with Gasteiger partial charge in [0.05, 0.1) is 0 Å². The van der Waals surface area contributed by atoms with Crippen molar-refractivity contribution in [1.29, 1.82) is 0 Å². The third kappa shape index (κ3) is 3.18. The van der Waals surface area contributed by atoms with E-state index in [1.807, 2.05) is 12.1 Å². The van der Waals surface area contributed by atoms with Gasteiger partial charge in [-0.1, -0.05) is 38.1 Å². The standard InChI is InChI=1S/C16H16F2O/c1-10(2)11-3-5-12(6-4-11)16(19)13-7-14(17)9-15(18)8-13/h3-10,16,19H,1-2H3. The number of halogens is 2. The molecule has 0 aliphatic heterocycles. The number of hydrogen-bond donors (Lipinski definition) is 1. The van der Waals surface area contributed by atoms with Crippen LogP contribution in [0.25, 0.3) is 0 Å². The number of aliphatic hydroxyl groups excluding tert-OH is 1. The van der Waals surface area contributed by atoms with Crippen molar-refractivity contribution >= 4 is 0 Å². The second-order valence-corrected chi connectivity index (χ2v) is 4.93. The first-order valence-electron chi connectivity index (χ1n) is 6.21. The highest BCUT2D eigenvalue weighted by atomic mass is 19.1. The van der Waals surface area contributed by atoms with Crippen molar-refractivity contribution in [2.45, 2.75) is 25.9 Å². The summed E-state index contributed by atoms with van der Waals surface area (Å²) in [4.78, 5) is 0. The normalized spacial score (nSPS) is 12.7. The Balaban J connectivity index is 2.30. The predicted molar refractivity (Wildman–Crippen MR) is 71.0 cm³/mol. The monoisotopic (exact) mass is 262 g/mol. The minimum absolute atomic E-state index is 0.217. The lowest BCUT2D eigenvalue weighted by Gasteiger charge is -2.13. The Kier molecular flexibility index (Phi) is 3.96. The Morgan fingerprint density at radius 2 is 1.26 bits per heavy atom. The predicted octanol–water partition coefficient (Wildman–Crippen LogP) is 4.17. The van der Waals surface area contributed by atoms with Crippen molar-refractivity contribution in [2.24, 2.45) is 0 Å². The van der Waals surface area contributed by atoms with Gasteiger partial charge in [0.25, 0.3) is 0 Å². The molecule has 0 saturated heterocycles. The first-order valence-corrected chi connectivity index (χ1v) is 6.21. The van der Waals surface area contributed by atoms with E-state index in [1.54, 1.807) is 12.1 Å². The van der Waals surface area contributed by atoms with Crippen LogP contribution < -0.4 is 0 Å². The molecular formula is C16H16F2O. The van der Waals surface area contributed by atoms with Crippen LogP contribution in [-0.4, -0.2) is 5.11 Å². The fourth-order valence-electron chi connectivity index (χ4n) is 1.99. The van der Waals surface area contributed by atoms with Crippen LogP contribution in [0.5, 0.6) is 0 Å². The molecule has 3 heteroatoms. The second kappa shape index (κ2) is 5.49. The molecule has 1 atom stereocenters. The van der Waals surface area contributed by atoms with Crippen LogP contribution in [0, 0.1) is 11.6 Å². The van der Waals surface area contributed by atoms with Gasteiger partial charge in [-0.3, -0.25) is 0 Å². The summed E-state index contributed by atoms with van der Waals surface area (Å²) in [6.45, 7) is 4.15. The van der Waals surface area contributed by atoms with Crippen LogP contribution in [0.4, 0.5) is 8.78 Å². The van der Waals surface area contributed by atoms with Gasteiger partial charge in [0.1, 0.15) is 17.7 Å². The highest BCUT2D eigenvalue weighted by Crippen LogP contribution is 2.25. The smallest absolute Gasteiger partial charge is 0.126 e. The first-order chi connectivity index (χ1) is 8.97. The van der Waals surface area contributed by atoms with Gasteiger partial charge < -0.3 is 5.11 Å². The first kappa shape index (κ1) is 13.7.